The first kappa shape index (κ1) is 51.1. The first-order valence-corrected chi connectivity index (χ1v) is 26.4. The Balaban J connectivity index is 1.86. The van der Waals surface area contributed by atoms with E-state index in [0.29, 0.717) is 6.61 Å². The summed E-state index contributed by atoms with van der Waals surface area (Å²) in [6.45, 7) is 24.7. The van der Waals surface area contributed by atoms with Gasteiger partial charge in [0.1, 0.15) is 12.2 Å². The van der Waals surface area contributed by atoms with Crippen LogP contribution in [0.2, 0.25) is 18.1 Å². The maximum Gasteiger partial charge on any atom is 0.192 e. The normalized spacial score (nSPS) is 14.3. The van der Waals surface area contributed by atoms with Crippen LogP contribution in [-0.2, 0) is 31.9 Å². The Labute approximate surface area is 354 Å². The van der Waals surface area contributed by atoms with Crippen molar-refractivity contribution in [3.8, 4) is 0 Å². The molecule has 0 aromatic heterocycles. The summed E-state index contributed by atoms with van der Waals surface area (Å²) in [7, 11) is -2.06. The minimum atomic E-state index is -2.06. The monoisotopic (exact) mass is 805 g/mol. The van der Waals surface area contributed by atoms with E-state index in [9.17, 15) is 0 Å². The number of hydrogen-bond donors (Lipinski definition) is 0. The summed E-state index contributed by atoms with van der Waals surface area (Å²) in [6, 6.07) is 21.0. The summed E-state index contributed by atoms with van der Waals surface area (Å²) in [5.74, 6) is 0. The highest BCUT2D eigenvalue weighted by Crippen LogP contribution is 2.39. The van der Waals surface area contributed by atoms with Gasteiger partial charge in [-0.25, -0.2) is 0 Å². The van der Waals surface area contributed by atoms with Crippen LogP contribution in [-0.4, -0.2) is 39.3 Å². The minimum absolute atomic E-state index is 0.0328. The van der Waals surface area contributed by atoms with E-state index in [2.05, 4.69) is 115 Å². The highest BCUT2D eigenvalue weighted by molar-refractivity contribution is 6.74. The Morgan fingerprint density at radius 3 is 1.40 bits per heavy atom. The Morgan fingerprint density at radius 2 is 0.947 bits per heavy atom. The molecule has 0 N–H and O–H groups in total. The van der Waals surface area contributed by atoms with Crippen LogP contribution in [0.15, 0.2) is 86.0 Å². The molecule has 57 heavy (non-hydrogen) atoms. The summed E-state index contributed by atoms with van der Waals surface area (Å²) in [5.41, 5.74) is 2.45. The van der Waals surface area contributed by atoms with Crippen molar-refractivity contribution >= 4 is 8.32 Å². The summed E-state index contributed by atoms with van der Waals surface area (Å²) >= 11 is 0. The molecule has 0 saturated heterocycles. The molecule has 0 bridgehead atoms. The first-order chi connectivity index (χ1) is 27.6. The molecule has 0 aliphatic heterocycles. The van der Waals surface area contributed by atoms with Crippen LogP contribution in [0.1, 0.15) is 180 Å². The second kappa shape index (κ2) is 31.8. The Bertz CT molecular complexity index is 1230. The number of ether oxygens (including phenoxy) is 3. The standard InChI is InChI=1S/C52H88O4Si/c1-9-12-13-14-15-16-19-22-25-34-41-50(54-45-47-39-32-29-33-40-47)48(10-2)55-49(11-3)51(56-57(7,8)52(4,5)6)42-35-26-23-20-17-18-21-24-27-36-43-53-44-46-37-30-28-31-38-46/h10-11,28-33,37-40,48-51H,2-3,9,12-27,34-36,41-45H2,1,4-8H3/t48-,49-,50-,51+/m1/s1. The molecule has 0 radical (unpaired) electrons. The third-order valence-corrected chi connectivity index (χ3v) is 16.6. The van der Waals surface area contributed by atoms with Gasteiger partial charge in [-0.3, -0.25) is 0 Å². The fourth-order valence-electron chi connectivity index (χ4n) is 7.30. The van der Waals surface area contributed by atoms with Gasteiger partial charge in [0.25, 0.3) is 0 Å². The summed E-state index contributed by atoms with van der Waals surface area (Å²) in [5, 5.41) is 0.112. The largest absolute Gasteiger partial charge is 0.411 e. The lowest BCUT2D eigenvalue weighted by Gasteiger charge is -2.42. The van der Waals surface area contributed by atoms with Crippen molar-refractivity contribution in [2.45, 2.75) is 225 Å². The smallest absolute Gasteiger partial charge is 0.192 e. The molecule has 0 spiro atoms. The van der Waals surface area contributed by atoms with Crippen molar-refractivity contribution in [2.75, 3.05) is 6.61 Å². The van der Waals surface area contributed by atoms with Gasteiger partial charge < -0.3 is 18.6 Å². The zero-order valence-electron chi connectivity index (χ0n) is 38.0. The molecule has 0 aliphatic rings. The molecule has 4 atom stereocenters. The topological polar surface area (TPSA) is 36.9 Å². The van der Waals surface area contributed by atoms with E-state index >= 15 is 0 Å². The zero-order chi connectivity index (χ0) is 41.5. The van der Waals surface area contributed by atoms with Crippen LogP contribution in [0.3, 0.4) is 0 Å². The Morgan fingerprint density at radius 1 is 0.544 bits per heavy atom. The van der Waals surface area contributed by atoms with Crippen molar-refractivity contribution in [1.29, 1.82) is 0 Å². The molecular weight excluding hydrogens is 717 g/mol. The third kappa shape index (κ3) is 24.0. The van der Waals surface area contributed by atoms with Gasteiger partial charge in [-0.2, -0.15) is 0 Å². The van der Waals surface area contributed by atoms with Crippen molar-refractivity contribution < 1.29 is 18.6 Å². The SMILES string of the molecule is C=C[C@@H](O[C@H](C=C)[C@@H](CCCCCCCCCCCC)OCc1ccccc1)[C@H](CCCCCCCCCCCCOCc1ccccc1)O[Si](C)(C)C(C)(C)C. The van der Waals surface area contributed by atoms with Gasteiger partial charge in [0.05, 0.1) is 25.4 Å². The number of rotatable bonds is 37. The fourth-order valence-corrected chi connectivity index (χ4v) is 8.66. The number of benzene rings is 2. The van der Waals surface area contributed by atoms with E-state index < -0.39 is 8.32 Å². The van der Waals surface area contributed by atoms with Gasteiger partial charge in [-0.1, -0.05) is 223 Å². The van der Waals surface area contributed by atoms with Gasteiger partial charge >= 0.3 is 0 Å². The predicted molar refractivity (Wildman–Crippen MR) is 249 cm³/mol. The number of unbranched alkanes of at least 4 members (excludes halogenated alkanes) is 18. The lowest BCUT2D eigenvalue weighted by molar-refractivity contribution is -0.103. The molecule has 2 aromatic carbocycles. The van der Waals surface area contributed by atoms with E-state index in [1.165, 1.54) is 120 Å². The molecule has 2 rings (SSSR count). The van der Waals surface area contributed by atoms with Crippen LogP contribution in [0, 0.1) is 0 Å². The zero-order valence-corrected chi connectivity index (χ0v) is 39.0. The van der Waals surface area contributed by atoms with Crippen LogP contribution < -0.4 is 0 Å². The van der Waals surface area contributed by atoms with Gasteiger partial charge in [-0.15, -0.1) is 13.2 Å². The number of hydrogen-bond acceptors (Lipinski definition) is 4. The van der Waals surface area contributed by atoms with Crippen LogP contribution in [0.25, 0.3) is 0 Å². The first-order valence-electron chi connectivity index (χ1n) is 23.5. The highest BCUT2D eigenvalue weighted by atomic mass is 28.4. The molecular formula is C52H88O4Si. The van der Waals surface area contributed by atoms with Crippen molar-refractivity contribution in [2.24, 2.45) is 0 Å². The minimum Gasteiger partial charge on any atom is -0.411 e. The van der Waals surface area contributed by atoms with Crippen molar-refractivity contribution in [3.63, 3.8) is 0 Å². The van der Waals surface area contributed by atoms with Crippen LogP contribution in [0.5, 0.6) is 0 Å². The van der Waals surface area contributed by atoms with E-state index in [-0.39, 0.29) is 29.5 Å². The molecule has 324 valence electrons. The van der Waals surface area contributed by atoms with Crippen molar-refractivity contribution in [1.82, 2.24) is 0 Å². The third-order valence-electron chi connectivity index (χ3n) is 12.1. The maximum absolute atomic E-state index is 7.16. The fraction of sp³-hybridized carbons (Fsp3) is 0.692. The summed E-state index contributed by atoms with van der Waals surface area (Å²) in [4.78, 5) is 0. The van der Waals surface area contributed by atoms with E-state index in [4.69, 9.17) is 18.6 Å². The van der Waals surface area contributed by atoms with Gasteiger partial charge in [0, 0.05) is 6.61 Å². The van der Waals surface area contributed by atoms with E-state index in [1.807, 2.05) is 12.2 Å². The van der Waals surface area contributed by atoms with E-state index in [1.54, 1.807) is 0 Å². The second-order valence-electron chi connectivity index (χ2n) is 18.1. The molecule has 0 aliphatic carbocycles. The average Bonchev–Trinajstić information content (AvgIpc) is 3.20. The molecule has 0 fully saturated rings. The summed E-state index contributed by atoms with van der Waals surface area (Å²) in [6.07, 6.45) is 31.2. The molecule has 0 unspecified atom stereocenters. The van der Waals surface area contributed by atoms with E-state index in [0.717, 1.165) is 45.3 Å². The molecule has 0 heterocycles. The highest BCUT2D eigenvalue weighted by Gasteiger charge is 2.41. The van der Waals surface area contributed by atoms with Crippen LogP contribution >= 0.6 is 0 Å². The maximum atomic E-state index is 7.16. The van der Waals surface area contributed by atoms with Crippen LogP contribution in [0.4, 0.5) is 0 Å². The molecule has 4 nitrogen and oxygen atoms in total. The second-order valence-corrected chi connectivity index (χ2v) is 22.9. The van der Waals surface area contributed by atoms with Crippen molar-refractivity contribution in [3.05, 3.63) is 97.1 Å². The van der Waals surface area contributed by atoms with Gasteiger partial charge in [-0.05, 0) is 48.5 Å². The average molecular weight is 805 g/mol. The summed E-state index contributed by atoms with van der Waals surface area (Å²) < 4.78 is 26.7. The predicted octanol–water partition coefficient (Wildman–Crippen LogP) is 15.9. The Kier molecular flexibility index (Phi) is 28.6. The molecule has 0 amide bonds. The quantitative estimate of drug-likeness (QED) is 0.0387. The van der Waals surface area contributed by atoms with Gasteiger partial charge in [0.15, 0.2) is 8.32 Å². The van der Waals surface area contributed by atoms with Gasteiger partial charge in [0.2, 0.25) is 0 Å². The Hall–Kier alpha value is -2.02. The lowest BCUT2D eigenvalue weighted by Crippen LogP contribution is -2.48. The molecule has 2 aromatic rings. The molecule has 5 heteroatoms. The lowest BCUT2D eigenvalue weighted by atomic mass is 10.0. The molecule has 0 saturated carbocycles.